The minimum absolute atomic E-state index is 0.361. The van der Waals surface area contributed by atoms with Crippen molar-refractivity contribution in [3.05, 3.63) is 0 Å². The fraction of sp³-hybridized carbons (Fsp3) is 0.571. The highest BCUT2D eigenvalue weighted by atomic mass is 19.4. The second kappa shape index (κ2) is 4.72. The molecule has 0 saturated heterocycles. The maximum Gasteiger partial charge on any atom is 0.406 e. The van der Waals surface area contributed by atoms with E-state index in [4.69, 9.17) is 5.11 Å². The lowest BCUT2D eigenvalue weighted by Crippen LogP contribution is -2.39. The van der Waals surface area contributed by atoms with Crippen molar-refractivity contribution in [2.45, 2.75) is 6.18 Å². The molecule has 74 valence electrons. The van der Waals surface area contributed by atoms with E-state index in [0.29, 0.717) is 4.90 Å². The minimum Gasteiger partial charge on any atom is -0.395 e. The molecule has 0 rings (SSSR count). The van der Waals surface area contributed by atoms with Crippen LogP contribution in [0, 0.1) is 12.3 Å². The first kappa shape index (κ1) is 11.8. The van der Waals surface area contributed by atoms with Crippen molar-refractivity contribution in [3.63, 3.8) is 0 Å². The monoisotopic (exact) mass is 195 g/mol. The Bertz CT molecular complexity index is 219. The van der Waals surface area contributed by atoms with Gasteiger partial charge in [0.2, 0.25) is 0 Å². The van der Waals surface area contributed by atoms with Gasteiger partial charge in [0, 0.05) is 6.54 Å². The molecule has 0 saturated carbocycles. The van der Waals surface area contributed by atoms with Crippen LogP contribution in [-0.2, 0) is 4.79 Å². The molecule has 0 radical (unpaired) electrons. The van der Waals surface area contributed by atoms with Gasteiger partial charge in [-0.05, 0) is 5.92 Å². The Morgan fingerprint density at radius 3 is 2.38 bits per heavy atom. The SMILES string of the molecule is C#CC(=O)N(CCO)CC(F)(F)F. The Hall–Kier alpha value is -1.22. The first-order valence-electron chi connectivity index (χ1n) is 3.34. The van der Waals surface area contributed by atoms with Crippen LogP contribution in [0.5, 0.6) is 0 Å². The summed E-state index contributed by atoms with van der Waals surface area (Å²) < 4.78 is 35.3. The number of rotatable bonds is 3. The van der Waals surface area contributed by atoms with Crippen molar-refractivity contribution < 1.29 is 23.1 Å². The zero-order chi connectivity index (χ0) is 10.5. The van der Waals surface area contributed by atoms with Gasteiger partial charge in [0.1, 0.15) is 6.54 Å². The van der Waals surface area contributed by atoms with Gasteiger partial charge in [-0.2, -0.15) is 13.2 Å². The van der Waals surface area contributed by atoms with Crippen LogP contribution >= 0.6 is 0 Å². The Morgan fingerprint density at radius 2 is 2.08 bits per heavy atom. The number of alkyl halides is 3. The Morgan fingerprint density at radius 1 is 1.54 bits per heavy atom. The summed E-state index contributed by atoms with van der Waals surface area (Å²) in [6, 6.07) is 0. The average molecular weight is 195 g/mol. The number of amides is 1. The average Bonchev–Trinajstić information content (AvgIpc) is 2.00. The summed E-state index contributed by atoms with van der Waals surface area (Å²) in [6.45, 7) is -2.40. The number of aliphatic hydroxyl groups excluding tert-OH is 1. The van der Waals surface area contributed by atoms with Crippen molar-refractivity contribution in [1.29, 1.82) is 0 Å². The van der Waals surface area contributed by atoms with Gasteiger partial charge < -0.3 is 10.0 Å². The summed E-state index contributed by atoms with van der Waals surface area (Å²) in [7, 11) is 0. The van der Waals surface area contributed by atoms with E-state index in [2.05, 4.69) is 6.42 Å². The van der Waals surface area contributed by atoms with Gasteiger partial charge in [-0.25, -0.2) is 0 Å². The highest BCUT2D eigenvalue weighted by molar-refractivity contribution is 5.92. The van der Waals surface area contributed by atoms with Crippen molar-refractivity contribution in [2.75, 3.05) is 19.7 Å². The molecule has 3 nitrogen and oxygen atoms in total. The minimum atomic E-state index is -4.50. The van der Waals surface area contributed by atoms with Gasteiger partial charge >= 0.3 is 6.18 Å². The molecule has 1 N–H and O–H groups in total. The van der Waals surface area contributed by atoms with Crippen LogP contribution in [0.3, 0.4) is 0 Å². The molecule has 0 atom stereocenters. The first-order valence-corrected chi connectivity index (χ1v) is 3.34. The molecular weight excluding hydrogens is 187 g/mol. The molecule has 0 bridgehead atoms. The van der Waals surface area contributed by atoms with E-state index in [-0.39, 0.29) is 0 Å². The van der Waals surface area contributed by atoms with Crippen LogP contribution in [0.2, 0.25) is 0 Å². The Balaban J connectivity index is 4.28. The lowest BCUT2D eigenvalue weighted by atomic mass is 10.4. The van der Waals surface area contributed by atoms with E-state index in [1.54, 1.807) is 5.92 Å². The second-order valence-corrected chi connectivity index (χ2v) is 2.21. The number of carbonyl (C=O) groups excluding carboxylic acids is 1. The van der Waals surface area contributed by atoms with Crippen LogP contribution in [0.1, 0.15) is 0 Å². The van der Waals surface area contributed by atoms with Crippen molar-refractivity contribution in [2.24, 2.45) is 0 Å². The molecule has 0 aliphatic carbocycles. The summed E-state index contributed by atoms with van der Waals surface area (Å²) in [5.74, 6) is 0.471. The summed E-state index contributed by atoms with van der Waals surface area (Å²) in [4.78, 5) is 11.0. The van der Waals surface area contributed by atoms with Gasteiger partial charge in [0.15, 0.2) is 0 Å². The number of halogens is 3. The predicted octanol–water partition coefficient (Wildman–Crippen LogP) is 0.00280. The van der Waals surface area contributed by atoms with E-state index >= 15 is 0 Å². The molecule has 13 heavy (non-hydrogen) atoms. The number of terminal acetylenes is 1. The van der Waals surface area contributed by atoms with Gasteiger partial charge in [-0.3, -0.25) is 4.79 Å². The molecule has 0 spiro atoms. The Kier molecular flexibility index (Phi) is 4.28. The summed E-state index contributed by atoms with van der Waals surface area (Å²) in [6.07, 6.45) is 0.134. The van der Waals surface area contributed by atoms with Crippen LogP contribution in [0.4, 0.5) is 13.2 Å². The van der Waals surface area contributed by atoms with E-state index in [1.165, 1.54) is 0 Å². The number of aliphatic hydroxyl groups is 1. The molecule has 0 aliphatic heterocycles. The maximum absolute atomic E-state index is 11.8. The molecule has 0 aliphatic rings. The standard InChI is InChI=1S/C7H8F3NO2/c1-2-6(13)11(3-4-12)5-7(8,9)10/h1,12H,3-5H2. The smallest absolute Gasteiger partial charge is 0.395 e. The van der Waals surface area contributed by atoms with Crippen molar-refractivity contribution >= 4 is 5.91 Å². The second-order valence-electron chi connectivity index (χ2n) is 2.21. The molecular formula is C7H8F3NO2. The van der Waals surface area contributed by atoms with E-state index in [9.17, 15) is 18.0 Å². The van der Waals surface area contributed by atoms with Crippen molar-refractivity contribution in [3.8, 4) is 12.3 Å². The van der Waals surface area contributed by atoms with Crippen LogP contribution < -0.4 is 0 Å². The summed E-state index contributed by atoms with van der Waals surface area (Å²) in [5.41, 5.74) is 0. The van der Waals surface area contributed by atoms with Crippen LogP contribution in [0.25, 0.3) is 0 Å². The molecule has 0 aromatic carbocycles. The molecule has 0 aromatic rings. The van der Waals surface area contributed by atoms with Gasteiger partial charge in [0.25, 0.3) is 5.91 Å². The normalized spacial score (nSPS) is 10.7. The molecule has 0 aromatic heterocycles. The summed E-state index contributed by atoms with van der Waals surface area (Å²) in [5, 5.41) is 8.35. The van der Waals surface area contributed by atoms with Crippen LogP contribution in [0.15, 0.2) is 0 Å². The quantitative estimate of drug-likeness (QED) is 0.644. The highest BCUT2D eigenvalue weighted by Crippen LogP contribution is 2.16. The molecule has 0 fully saturated rings. The third kappa shape index (κ3) is 5.09. The third-order valence-electron chi connectivity index (χ3n) is 1.15. The largest absolute Gasteiger partial charge is 0.406 e. The zero-order valence-corrected chi connectivity index (χ0v) is 6.64. The predicted molar refractivity (Wildman–Crippen MR) is 38.6 cm³/mol. The van der Waals surface area contributed by atoms with Gasteiger partial charge in [-0.15, -0.1) is 6.42 Å². The van der Waals surface area contributed by atoms with Crippen LogP contribution in [-0.4, -0.2) is 41.8 Å². The van der Waals surface area contributed by atoms with E-state index in [1.807, 2.05) is 0 Å². The zero-order valence-electron chi connectivity index (χ0n) is 6.64. The van der Waals surface area contributed by atoms with E-state index < -0.39 is 31.8 Å². The molecule has 6 heteroatoms. The van der Waals surface area contributed by atoms with E-state index in [0.717, 1.165) is 0 Å². The molecule has 1 amide bonds. The van der Waals surface area contributed by atoms with Gasteiger partial charge in [-0.1, -0.05) is 0 Å². The fourth-order valence-corrected chi connectivity index (χ4v) is 0.681. The summed E-state index contributed by atoms with van der Waals surface area (Å²) >= 11 is 0. The lowest BCUT2D eigenvalue weighted by molar-refractivity contribution is -0.158. The lowest BCUT2D eigenvalue weighted by Gasteiger charge is -2.20. The Labute approximate surface area is 73.1 Å². The maximum atomic E-state index is 11.8. The van der Waals surface area contributed by atoms with Gasteiger partial charge in [0.05, 0.1) is 6.61 Å². The topological polar surface area (TPSA) is 40.5 Å². The first-order chi connectivity index (χ1) is 5.90. The number of hydrogen-bond acceptors (Lipinski definition) is 2. The van der Waals surface area contributed by atoms with Crippen molar-refractivity contribution in [1.82, 2.24) is 4.90 Å². The fourth-order valence-electron chi connectivity index (χ4n) is 0.681. The highest BCUT2D eigenvalue weighted by Gasteiger charge is 2.32. The number of carbonyl (C=O) groups is 1. The molecule has 0 unspecified atom stereocenters. The third-order valence-corrected chi connectivity index (χ3v) is 1.15. The molecule has 0 heterocycles. The number of hydrogen-bond donors (Lipinski definition) is 1. The number of nitrogens with zero attached hydrogens (tertiary/aromatic N) is 1.